The van der Waals surface area contributed by atoms with Crippen molar-refractivity contribution in [3.05, 3.63) is 35.4 Å². The van der Waals surface area contributed by atoms with Crippen LogP contribution in [0.15, 0.2) is 24.3 Å². The number of rotatable bonds is 0. The zero-order chi connectivity index (χ0) is 12.1. The topological polar surface area (TPSA) is 0 Å². The Kier molecular flexibility index (Phi) is 5.05. The highest BCUT2D eigenvalue weighted by atomic mass is 14.3. The van der Waals surface area contributed by atoms with Gasteiger partial charge in [0.05, 0.1) is 0 Å². The Morgan fingerprint density at radius 3 is 1.56 bits per heavy atom. The van der Waals surface area contributed by atoms with Gasteiger partial charge in [0.15, 0.2) is 0 Å². The molecule has 0 spiro atoms. The smallest absolute Gasteiger partial charge is 0.0248 e. The van der Waals surface area contributed by atoms with E-state index >= 15 is 0 Å². The molecule has 0 nitrogen and oxygen atoms in total. The first kappa shape index (κ1) is 13.3. The Morgan fingerprint density at radius 1 is 0.812 bits per heavy atom. The largest absolute Gasteiger partial charge is 0.0683 e. The average Bonchev–Trinajstić information content (AvgIpc) is 2.42. The monoisotopic (exact) mass is 218 g/mol. The van der Waals surface area contributed by atoms with E-state index < -0.39 is 0 Å². The molecule has 2 atom stereocenters. The molecule has 0 heterocycles. The summed E-state index contributed by atoms with van der Waals surface area (Å²) in [5.41, 5.74) is 3.16. The molecule has 0 saturated carbocycles. The van der Waals surface area contributed by atoms with E-state index in [9.17, 15) is 0 Å². The molecule has 0 N–H and O–H groups in total. The van der Waals surface area contributed by atoms with Crippen LogP contribution < -0.4 is 0 Å². The fourth-order valence-corrected chi connectivity index (χ4v) is 2.58. The molecule has 0 aromatic heterocycles. The van der Waals surface area contributed by atoms with Crippen LogP contribution in [-0.2, 0) is 12.8 Å². The summed E-state index contributed by atoms with van der Waals surface area (Å²) in [5, 5.41) is 0. The molecule has 2 rings (SSSR count). The summed E-state index contributed by atoms with van der Waals surface area (Å²) in [6.07, 6.45) is 2.53. The Balaban J connectivity index is 0.000000606. The first-order valence-corrected chi connectivity index (χ1v) is 6.75. The molecule has 0 fully saturated rings. The van der Waals surface area contributed by atoms with Crippen LogP contribution in [0.4, 0.5) is 0 Å². The lowest BCUT2D eigenvalue weighted by Crippen LogP contribution is -2.16. The van der Waals surface area contributed by atoms with Crippen molar-refractivity contribution in [3.8, 4) is 0 Å². The summed E-state index contributed by atoms with van der Waals surface area (Å²) in [4.78, 5) is 0. The van der Waals surface area contributed by atoms with Gasteiger partial charge >= 0.3 is 0 Å². The standard InChI is InChI=1S/C14H20.C2H6/c1-10-8-13-6-4-5-7-14(13)9-11(2)12(10)3;1-2/h4-7,10-12H,8-9H2,1-3H3;1-2H3. The van der Waals surface area contributed by atoms with Gasteiger partial charge in [-0.15, -0.1) is 0 Å². The molecular weight excluding hydrogens is 192 g/mol. The van der Waals surface area contributed by atoms with Gasteiger partial charge in [0.1, 0.15) is 0 Å². The molecule has 1 aromatic carbocycles. The minimum absolute atomic E-state index is 0.827. The van der Waals surface area contributed by atoms with Gasteiger partial charge in [0.2, 0.25) is 0 Å². The van der Waals surface area contributed by atoms with Crippen molar-refractivity contribution in [2.75, 3.05) is 0 Å². The molecule has 16 heavy (non-hydrogen) atoms. The van der Waals surface area contributed by atoms with Crippen molar-refractivity contribution in [2.24, 2.45) is 17.8 Å². The van der Waals surface area contributed by atoms with Gasteiger partial charge in [0.25, 0.3) is 0 Å². The number of hydrogen-bond donors (Lipinski definition) is 0. The summed E-state index contributed by atoms with van der Waals surface area (Å²) >= 11 is 0. The molecule has 1 aromatic rings. The fraction of sp³-hybridized carbons (Fsp3) is 0.625. The Morgan fingerprint density at radius 2 is 1.19 bits per heavy atom. The second-order valence-corrected chi connectivity index (χ2v) is 4.99. The van der Waals surface area contributed by atoms with Gasteiger partial charge in [-0.05, 0) is 41.7 Å². The lowest BCUT2D eigenvalue weighted by Gasteiger charge is -2.22. The highest BCUT2D eigenvalue weighted by Crippen LogP contribution is 2.32. The van der Waals surface area contributed by atoms with Gasteiger partial charge in [-0.3, -0.25) is 0 Å². The van der Waals surface area contributed by atoms with Crippen LogP contribution in [0.25, 0.3) is 0 Å². The predicted octanol–water partition coefficient (Wildman–Crippen LogP) is 4.72. The Bertz CT molecular complexity index is 283. The van der Waals surface area contributed by atoms with Crippen LogP contribution in [0.1, 0.15) is 45.7 Å². The highest BCUT2D eigenvalue weighted by molar-refractivity contribution is 5.29. The summed E-state index contributed by atoms with van der Waals surface area (Å²) in [6, 6.07) is 8.95. The van der Waals surface area contributed by atoms with Crippen LogP contribution in [0.3, 0.4) is 0 Å². The lowest BCUT2D eigenvalue weighted by molar-refractivity contribution is 0.288. The Labute approximate surface area is 101 Å². The predicted molar refractivity (Wildman–Crippen MR) is 72.7 cm³/mol. The SMILES string of the molecule is CC.CC1Cc2ccccc2CC(C)C1C. The van der Waals surface area contributed by atoms with E-state index in [2.05, 4.69) is 45.0 Å². The highest BCUT2D eigenvalue weighted by Gasteiger charge is 2.24. The van der Waals surface area contributed by atoms with Gasteiger partial charge in [-0.1, -0.05) is 58.9 Å². The molecule has 90 valence electrons. The first-order valence-electron chi connectivity index (χ1n) is 6.75. The minimum Gasteiger partial charge on any atom is -0.0683 e. The molecule has 2 unspecified atom stereocenters. The summed E-state index contributed by atoms with van der Waals surface area (Å²) in [5.74, 6) is 2.50. The molecule has 0 saturated heterocycles. The maximum absolute atomic E-state index is 2.40. The van der Waals surface area contributed by atoms with E-state index in [1.165, 1.54) is 12.8 Å². The summed E-state index contributed by atoms with van der Waals surface area (Å²) in [6.45, 7) is 11.2. The normalized spacial score (nSPS) is 28.4. The van der Waals surface area contributed by atoms with Crippen molar-refractivity contribution in [3.63, 3.8) is 0 Å². The van der Waals surface area contributed by atoms with Crippen LogP contribution in [0.2, 0.25) is 0 Å². The van der Waals surface area contributed by atoms with Gasteiger partial charge in [0, 0.05) is 0 Å². The number of fused-ring (bicyclic) bond motifs is 1. The molecule has 1 aliphatic carbocycles. The molecule has 0 radical (unpaired) electrons. The lowest BCUT2D eigenvalue weighted by atomic mass is 9.83. The third-order valence-electron chi connectivity index (χ3n) is 4.00. The van der Waals surface area contributed by atoms with E-state index in [1.54, 1.807) is 11.1 Å². The third-order valence-corrected chi connectivity index (χ3v) is 4.00. The van der Waals surface area contributed by atoms with Crippen LogP contribution in [0, 0.1) is 17.8 Å². The maximum atomic E-state index is 2.40. The second-order valence-electron chi connectivity index (χ2n) is 4.99. The molecule has 0 bridgehead atoms. The fourth-order valence-electron chi connectivity index (χ4n) is 2.58. The number of benzene rings is 1. The van der Waals surface area contributed by atoms with Crippen molar-refractivity contribution in [1.29, 1.82) is 0 Å². The van der Waals surface area contributed by atoms with Gasteiger partial charge in [-0.2, -0.15) is 0 Å². The quantitative estimate of drug-likeness (QED) is 0.553. The summed E-state index contributed by atoms with van der Waals surface area (Å²) < 4.78 is 0. The molecule has 1 aliphatic rings. The van der Waals surface area contributed by atoms with Crippen molar-refractivity contribution < 1.29 is 0 Å². The first-order chi connectivity index (χ1) is 7.68. The summed E-state index contributed by atoms with van der Waals surface area (Å²) in [7, 11) is 0. The van der Waals surface area contributed by atoms with Gasteiger partial charge in [-0.25, -0.2) is 0 Å². The van der Waals surface area contributed by atoms with E-state index in [-0.39, 0.29) is 0 Å². The van der Waals surface area contributed by atoms with Crippen LogP contribution >= 0.6 is 0 Å². The van der Waals surface area contributed by atoms with Gasteiger partial charge < -0.3 is 0 Å². The maximum Gasteiger partial charge on any atom is -0.0248 e. The van der Waals surface area contributed by atoms with E-state index in [0.717, 1.165) is 17.8 Å². The van der Waals surface area contributed by atoms with E-state index in [0.29, 0.717) is 0 Å². The molecule has 0 aliphatic heterocycles. The van der Waals surface area contributed by atoms with Crippen LogP contribution in [0.5, 0.6) is 0 Å². The zero-order valence-corrected chi connectivity index (χ0v) is 11.5. The van der Waals surface area contributed by atoms with Crippen molar-refractivity contribution >= 4 is 0 Å². The second kappa shape index (κ2) is 6.08. The van der Waals surface area contributed by atoms with Crippen molar-refractivity contribution in [1.82, 2.24) is 0 Å². The van der Waals surface area contributed by atoms with Crippen molar-refractivity contribution in [2.45, 2.75) is 47.5 Å². The third kappa shape index (κ3) is 2.87. The molecular formula is C16H26. The number of hydrogen-bond acceptors (Lipinski definition) is 0. The van der Waals surface area contributed by atoms with E-state index in [1.807, 2.05) is 13.8 Å². The Hall–Kier alpha value is -0.780. The zero-order valence-electron chi connectivity index (χ0n) is 11.5. The van der Waals surface area contributed by atoms with E-state index in [4.69, 9.17) is 0 Å². The average molecular weight is 218 g/mol. The molecule has 0 amide bonds. The molecule has 0 heteroatoms. The minimum atomic E-state index is 0.827. The van der Waals surface area contributed by atoms with Crippen LogP contribution in [-0.4, -0.2) is 0 Å².